The largest absolute Gasteiger partial charge is 0.504 e. The Kier molecular flexibility index (Phi) is 6.07. The molecule has 0 bridgehead atoms. The molecule has 3 heterocycles. The standard InChI is InChI=1S/C22H19BrN2O6S/c1-4-30-16-8-12(13(23)10-14(16)26)9-17-20(27)25-19(15-6-5-7-31-15)18(21(28)29-3)11(2)24-22(25)32-17/h5-10,19,26H,4H2,1-3H3/b17-9+. The van der Waals surface area contributed by atoms with Gasteiger partial charge in [0.2, 0.25) is 0 Å². The number of thiazole rings is 1. The Morgan fingerprint density at radius 3 is 2.88 bits per heavy atom. The van der Waals surface area contributed by atoms with Crippen LogP contribution in [-0.4, -0.2) is 29.4 Å². The fourth-order valence-corrected chi connectivity index (χ4v) is 4.97. The Bertz CT molecular complexity index is 1400. The molecule has 0 spiro atoms. The first-order chi connectivity index (χ1) is 15.3. The van der Waals surface area contributed by atoms with Gasteiger partial charge >= 0.3 is 5.97 Å². The van der Waals surface area contributed by atoms with E-state index in [4.69, 9.17) is 13.9 Å². The summed E-state index contributed by atoms with van der Waals surface area (Å²) in [6.45, 7) is 3.90. The molecule has 0 fully saturated rings. The van der Waals surface area contributed by atoms with E-state index in [2.05, 4.69) is 20.9 Å². The Morgan fingerprint density at radius 1 is 1.44 bits per heavy atom. The highest BCUT2D eigenvalue weighted by Gasteiger charge is 2.34. The van der Waals surface area contributed by atoms with Gasteiger partial charge in [-0.05, 0) is 49.8 Å². The van der Waals surface area contributed by atoms with Crippen LogP contribution in [0.1, 0.15) is 31.2 Å². The van der Waals surface area contributed by atoms with Crippen LogP contribution in [0.15, 0.2) is 60.5 Å². The minimum absolute atomic E-state index is 0.00602. The molecular weight excluding hydrogens is 500 g/mol. The Labute approximate surface area is 194 Å². The van der Waals surface area contributed by atoms with Gasteiger partial charge in [-0.3, -0.25) is 9.36 Å². The minimum atomic E-state index is -0.793. The lowest BCUT2D eigenvalue weighted by atomic mass is 10.0. The number of fused-ring (bicyclic) bond motifs is 1. The van der Waals surface area contributed by atoms with E-state index < -0.39 is 12.0 Å². The summed E-state index contributed by atoms with van der Waals surface area (Å²) in [7, 11) is 1.28. The van der Waals surface area contributed by atoms with Crippen molar-refractivity contribution in [2.45, 2.75) is 19.9 Å². The van der Waals surface area contributed by atoms with Gasteiger partial charge in [0.05, 0.1) is 35.8 Å². The number of aromatic nitrogens is 1. The predicted octanol–water partition coefficient (Wildman–Crippen LogP) is 2.87. The highest BCUT2D eigenvalue weighted by molar-refractivity contribution is 9.10. The number of halogens is 1. The lowest BCUT2D eigenvalue weighted by Crippen LogP contribution is -2.39. The van der Waals surface area contributed by atoms with E-state index in [1.807, 2.05) is 6.92 Å². The molecule has 3 aromatic rings. The fraction of sp³-hybridized carbons (Fsp3) is 0.227. The Morgan fingerprint density at radius 2 is 2.22 bits per heavy atom. The molecular formula is C22H19BrN2O6S. The number of benzene rings is 1. The molecule has 32 heavy (non-hydrogen) atoms. The number of rotatable bonds is 5. The Balaban J connectivity index is 1.94. The van der Waals surface area contributed by atoms with E-state index in [1.54, 1.807) is 31.2 Å². The number of furan rings is 1. The van der Waals surface area contributed by atoms with Crippen LogP contribution in [0.3, 0.4) is 0 Å². The maximum absolute atomic E-state index is 13.4. The molecule has 0 amide bonds. The number of nitrogens with zero attached hydrogens (tertiary/aromatic N) is 2. The van der Waals surface area contributed by atoms with E-state index in [-0.39, 0.29) is 16.9 Å². The number of methoxy groups -OCH3 is 1. The molecule has 4 rings (SSSR count). The highest BCUT2D eigenvalue weighted by Crippen LogP contribution is 2.33. The van der Waals surface area contributed by atoms with E-state index in [0.717, 1.165) is 0 Å². The number of allylic oxidation sites excluding steroid dienone is 1. The maximum Gasteiger partial charge on any atom is 0.338 e. The topological polar surface area (TPSA) is 103 Å². The average molecular weight is 519 g/mol. The molecule has 0 radical (unpaired) electrons. The number of phenols is 1. The summed E-state index contributed by atoms with van der Waals surface area (Å²) >= 11 is 4.61. The lowest BCUT2D eigenvalue weighted by molar-refractivity contribution is -0.136. The van der Waals surface area contributed by atoms with Crippen molar-refractivity contribution in [3.8, 4) is 11.5 Å². The molecule has 0 saturated carbocycles. The summed E-state index contributed by atoms with van der Waals surface area (Å²) < 4.78 is 18.4. The van der Waals surface area contributed by atoms with Crippen molar-refractivity contribution in [1.29, 1.82) is 0 Å². The second-order valence-corrected chi connectivity index (χ2v) is 8.73. The molecule has 1 atom stereocenters. The molecule has 1 aromatic carbocycles. The van der Waals surface area contributed by atoms with Gasteiger partial charge in [-0.25, -0.2) is 9.79 Å². The van der Waals surface area contributed by atoms with Crippen LogP contribution in [0, 0.1) is 0 Å². The summed E-state index contributed by atoms with van der Waals surface area (Å²) in [6.07, 6.45) is 3.17. The number of aromatic hydroxyl groups is 1. The van der Waals surface area contributed by atoms with Gasteiger partial charge in [0.15, 0.2) is 16.3 Å². The van der Waals surface area contributed by atoms with Crippen molar-refractivity contribution in [3.63, 3.8) is 0 Å². The lowest BCUT2D eigenvalue weighted by Gasteiger charge is -2.22. The zero-order chi connectivity index (χ0) is 23.0. The van der Waals surface area contributed by atoms with E-state index >= 15 is 0 Å². The van der Waals surface area contributed by atoms with Crippen LogP contribution >= 0.6 is 27.3 Å². The summed E-state index contributed by atoms with van der Waals surface area (Å²) in [4.78, 5) is 30.9. The summed E-state index contributed by atoms with van der Waals surface area (Å²) in [6, 6.07) is 5.76. The summed E-state index contributed by atoms with van der Waals surface area (Å²) in [5.41, 5.74) is 1.01. The van der Waals surface area contributed by atoms with Gasteiger partial charge in [-0.1, -0.05) is 27.3 Å². The molecule has 1 N–H and O–H groups in total. The first kappa shape index (κ1) is 22.1. The van der Waals surface area contributed by atoms with Crippen LogP contribution in [0.2, 0.25) is 0 Å². The van der Waals surface area contributed by atoms with E-state index in [9.17, 15) is 14.7 Å². The number of hydrogen-bond acceptors (Lipinski definition) is 8. The molecule has 1 aliphatic heterocycles. The monoisotopic (exact) mass is 518 g/mol. The van der Waals surface area contributed by atoms with Crippen LogP contribution < -0.4 is 19.6 Å². The van der Waals surface area contributed by atoms with E-state index in [1.165, 1.54) is 35.3 Å². The average Bonchev–Trinajstić information content (AvgIpc) is 3.39. The van der Waals surface area contributed by atoms with Gasteiger partial charge < -0.3 is 19.0 Å². The quantitative estimate of drug-likeness (QED) is 0.521. The van der Waals surface area contributed by atoms with Crippen molar-refractivity contribution >= 4 is 39.3 Å². The third kappa shape index (κ3) is 3.80. The first-order valence-electron chi connectivity index (χ1n) is 9.65. The van der Waals surface area contributed by atoms with Gasteiger partial charge in [0, 0.05) is 4.47 Å². The van der Waals surface area contributed by atoms with Crippen LogP contribution in [0.4, 0.5) is 0 Å². The zero-order valence-electron chi connectivity index (χ0n) is 17.4. The van der Waals surface area contributed by atoms with Gasteiger partial charge in [-0.15, -0.1) is 0 Å². The smallest absolute Gasteiger partial charge is 0.338 e. The van der Waals surface area contributed by atoms with Crippen molar-refractivity contribution in [2.24, 2.45) is 4.99 Å². The maximum atomic E-state index is 13.4. The molecule has 1 unspecified atom stereocenters. The molecule has 0 aliphatic carbocycles. The van der Waals surface area contributed by atoms with Gasteiger partial charge in [0.1, 0.15) is 11.8 Å². The predicted molar refractivity (Wildman–Crippen MR) is 121 cm³/mol. The molecule has 1 aliphatic rings. The normalized spacial score (nSPS) is 16.0. The van der Waals surface area contributed by atoms with Gasteiger partial charge in [-0.2, -0.15) is 0 Å². The SMILES string of the molecule is CCOc1cc(/C=c2/sc3n(c2=O)C(c2ccco2)C(C(=O)OC)=C(C)N=3)c(Br)cc1O. The summed E-state index contributed by atoms with van der Waals surface area (Å²) in [5.74, 6) is 0.155. The first-order valence-corrected chi connectivity index (χ1v) is 11.3. The van der Waals surface area contributed by atoms with Crippen molar-refractivity contribution in [2.75, 3.05) is 13.7 Å². The second-order valence-electron chi connectivity index (χ2n) is 6.86. The van der Waals surface area contributed by atoms with Crippen molar-refractivity contribution in [1.82, 2.24) is 4.57 Å². The molecule has 0 saturated heterocycles. The van der Waals surface area contributed by atoms with E-state index in [0.29, 0.717) is 43.2 Å². The minimum Gasteiger partial charge on any atom is -0.504 e. The fourth-order valence-electron chi connectivity index (χ4n) is 3.49. The van der Waals surface area contributed by atoms with Crippen LogP contribution in [0.25, 0.3) is 6.08 Å². The number of ether oxygens (including phenoxy) is 2. The number of esters is 1. The van der Waals surface area contributed by atoms with Crippen molar-refractivity contribution < 1.29 is 23.8 Å². The van der Waals surface area contributed by atoms with Crippen LogP contribution in [-0.2, 0) is 9.53 Å². The second kappa shape index (κ2) is 8.79. The summed E-state index contributed by atoms with van der Waals surface area (Å²) in [5, 5.41) is 10.1. The number of carbonyl (C=O) groups excluding carboxylic acids is 1. The molecule has 2 aromatic heterocycles. The third-order valence-corrected chi connectivity index (χ3v) is 6.57. The number of carbonyl (C=O) groups is 1. The van der Waals surface area contributed by atoms with Crippen molar-refractivity contribution in [3.05, 3.63) is 77.3 Å². The third-order valence-electron chi connectivity index (χ3n) is 4.90. The number of hydrogen-bond donors (Lipinski definition) is 1. The molecule has 8 nitrogen and oxygen atoms in total. The zero-order valence-corrected chi connectivity index (χ0v) is 19.8. The number of phenolic OH excluding ortho intramolecular Hbond substituents is 1. The highest BCUT2D eigenvalue weighted by atomic mass is 79.9. The molecule has 166 valence electrons. The van der Waals surface area contributed by atoms with Crippen LogP contribution in [0.5, 0.6) is 11.5 Å². The Hall–Kier alpha value is -3.11. The molecule has 10 heteroatoms. The van der Waals surface area contributed by atoms with Gasteiger partial charge in [0.25, 0.3) is 5.56 Å².